The Labute approximate surface area is 99.9 Å². The van der Waals surface area contributed by atoms with E-state index < -0.39 is 0 Å². The molecule has 0 saturated heterocycles. The lowest BCUT2D eigenvalue weighted by Gasteiger charge is -2.02. The van der Waals surface area contributed by atoms with Crippen LogP contribution in [0.5, 0.6) is 23.1 Å². The van der Waals surface area contributed by atoms with Crippen LogP contribution >= 0.6 is 23.3 Å². The molecular weight excluding hydrogens is 252 g/mol. The van der Waals surface area contributed by atoms with Crippen molar-refractivity contribution in [2.75, 3.05) is 6.79 Å². The second kappa shape index (κ2) is 3.80. The van der Waals surface area contributed by atoms with Crippen molar-refractivity contribution < 1.29 is 14.2 Å². The van der Waals surface area contributed by atoms with E-state index in [1.807, 2.05) is 0 Å². The third kappa shape index (κ3) is 1.66. The molecule has 5 nitrogen and oxygen atoms in total. The Morgan fingerprint density at radius 3 is 2.94 bits per heavy atom. The second-order valence-electron chi connectivity index (χ2n) is 2.98. The van der Waals surface area contributed by atoms with E-state index in [0.29, 0.717) is 23.1 Å². The van der Waals surface area contributed by atoms with Gasteiger partial charge in [0.15, 0.2) is 11.5 Å². The number of benzene rings is 1. The van der Waals surface area contributed by atoms with E-state index >= 15 is 0 Å². The first-order valence-electron chi connectivity index (χ1n) is 4.38. The summed E-state index contributed by atoms with van der Waals surface area (Å²) in [7, 11) is 0. The first kappa shape index (κ1) is 9.68. The van der Waals surface area contributed by atoms with Gasteiger partial charge in [0.2, 0.25) is 11.9 Å². The molecule has 1 aliphatic heterocycles. The fourth-order valence-corrected chi connectivity index (χ4v) is 1.89. The van der Waals surface area contributed by atoms with Crippen LogP contribution in [0.1, 0.15) is 0 Å². The van der Waals surface area contributed by atoms with Gasteiger partial charge in [0, 0.05) is 6.07 Å². The molecule has 0 bridgehead atoms. The van der Waals surface area contributed by atoms with Crippen molar-refractivity contribution in [2.45, 2.75) is 0 Å². The maximum atomic E-state index is 5.76. The van der Waals surface area contributed by atoms with Gasteiger partial charge in [-0.05, 0) is 12.1 Å². The Hall–Kier alpha value is -1.53. The van der Waals surface area contributed by atoms with Gasteiger partial charge in [-0.2, -0.15) is 4.37 Å². The molecule has 7 heteroatoms. The summed E-state index contributed by atoms with van der Waals surface area (Å²) in [6, 6.07) is 5.24. The quantitative estimate of drug-likeness (QED) is 0.827. The SMILES string of the molecule is Clc1nsnc1Oc1ccc2c(c1)OCO2. The van der Waals surface area contributed by atoms with Crippen LogP contribution in [0.4, 0.5) is 0 Å². The summed E-state index contributed by atoms with van der Waals surface area (Å²) < 4.78 is 23.6. The summed E-state index contributed by atoms with van der Waals surface area (Å²) in [5, 5.41) is 0.252. The van der Waals surface area contributed by atoms with Crippen molar-refractivity contribution in [2.24, 2.45) is 0 Å². The fraction of sp³-hybridized carbons (Fsp3) is 0.111. The molecule has 0 radical (unpaired) electrons. The number of halogens is 1. The number of hydrogen-bond acceptors (Lipinski definition) is 6. The molecule has 0 N–H and O–H groups in total. The number of fused-ring (bicyclic) bond motifs is 1. The molecule has 82 valence electrons. The minimum atomic E-state index is 0.234. The highest BCUT2D eigenvalue weighted by molar-refractivity contribution is 6.99. The van der Waals surface area contributed by atoms with Crippen molar-refractivity contribution >= 4 is 23.3 Å². The van der Waals surface area contributed by atoms with Gasteiger partial charge >= 0.3 is 0 Å². The molecule has 1 aromatic heterocycles. The second-order valence-corrected chi connectivity index (χ2v) is 3.86. The first-order chi connectivity index (χ1) is 7.83. The smallest absolute Gasteiger partial charge is 0.270 e. The standard InChI is InChI=1S/C9H5ClN2O3S/c10-8-9(12-16-11-8)15-5-1-2-6-7(3-5)14-4-13-6/h1-3H,4H2. The normalized spacial score (nSPS) is 12.8. The van der Waals surface area contributed by atoms with Gasteiger partial charge in [-0.15, -0.1) is 4.37 Å². The van der Waals surface area contributed by atoms with E-state index in [9.17, 15) is 0 Å². The molecule has 0 amide bonds. The zero-order valence-electron chi connectivity index (χ0n) is 7.84. The van der Waals surface area contributed by atoms with Crippen LogP contribution in [0.15, 0.2) is 18.2 Å². The third-order valence-corrected chi connectivity index (χ3v) is 2.84. The van der Waals surface area contributed by atoms with Gasteiger partial charge in [0.1, 0.15) is 5.75 Å². The van der Waals surface area contributed by atoms with Crippen molar-refractivity contribution in [1.29, 1.82) is 0 Å². The highest BCUT2D eigenvalue weighted by atomic mass is 35.5. The molecule has 0 spiro atoms. The predicted molar refractivity (Wildman–Crippen MR) is 57.6 cm³/mol. The Morgan fingerprint density at radius 1 is 1.25 bits per heavy atom. The maximum absolute atomic E-state index is 5.76. The van der Waals surface area contributed by atoms with Gasteiger partial charge in [0.05, 0.1) is 11.7 Å². The lowest BCUT2D eigenvalue weighted by molar-refractivity contribution is 0.174. The van der Waals surface area contributed by atoms with Crippen LogP contribution in [-0.2, 0) is 0 Å². The van der Waals surface area contributed by atoms with Crippen molar-refractivity contribution in [3.63, 3.8) is 0 Å². The average Bonchev–Trinajstić information content (AvgIpc) is 2.88. The van der Waals surface area contributed by atoms with E-state index in [4.69, 9.17) is 25.8 Å². The molecule has 1 aliphatic rings. The minimum absolute atomic E-state index is 0.234. The molecule has 0 atom stereocenters. The van der Waals surface area contributed by atoms with Gasteiger partial charge in [-0.1, -0.05) is 11.6 Å². The summed E-state index contributed by atoms with van der Waals surface area (Å²) in [5.41, 5.74) is 0. The highest BCUT2D eigenvalue weighted by Gasteiger charge is 2.15. The minimum Gasteiger partial charge on any atom is -0.454 e. The van der Waals surface area contributed by atoms with Crippen molar-refractivity contribution in [3.05, 3.63) is 23.4 Å². The molecule has 0 fully saturated rings. The topological polar surface area (TPSA) is 53.5 Å². The molecule has 0 saturated carbocycles. The van der Waals surface area contributed by atoms with Crippen molar-refractivity contribution in [3.8, 4) is 23.1 Å². The maximum Gasteiger partial charge on any atom is 0.270 e. The summed E-state index contributed by atoms with van der Waals surface area (Å²) in [5.74, 6) is 2.23. The van der Waals surface area contributed by atoms with Gasteiger partial charge < -0.3 is 14.2 Å². The van der Waals surface area contributed by atoms with E-state index in [1.54, 1.807) is 18.2 Å². The monoisotopic (exact) mass is 256 g/mol. The lowest BCUT2D eigenvalue weighted by Crippen LogP contribution is -1.92. The van der Waals surface area contributed by atoms with Gasteiger partial charge in [0.25, 0.3) is 5.88 Å². The largest absolute Gasteiger partial charge is 0.454 e. The summed E-state index contributed by atoms with van der Waals surface area (Å²) in [4.78, 5) is 0. The predicted octanol–water partition coefficient (Wildman–Crippen LogP) is 2.71. The Bertz CT molecular complexity index is 531. The Kier molecular flexibility index (Phi) is 2.30. The fourth-order valence-electron chi connectivity index (χ4n) is 1.28. The molecule has 2 aromatic rings. The van der Waals surface area contributed by atoms with E-state index in [0.717, 1.165) is 11.7 Å². The number of nitrogens with zero attached hydrogens (tertiary/aromatic N) is 2. The third-order valence-electron chi connectivity index (χ3n) is 1.98. The Morgan fingerprint density at radius 2 is 2.12 bits per heavy atom. The number of rotatable bonds is 2. The van der Waals surface area contributed by atoms with Crippen molar-refractivity contribution in [1.82, 2.24) is 8.75 Å². The van der Waals surface area contributed by atoms with Gasteiger partial charge in [-0.25, -0.2) is 0 Å². The molecule has 0 unspecified atom stereocenters. The molecule has 16 heavy (non-hydrogen) atoms. The highest BCUT2D eigenvalue weighted by Crippen LogP contribution is 2.37. The molecule has 1 aromatic carbocycles. The zero-order chi connectivity index (χ0) is 11.0. The van der Waals surface area contributed by atoms with E-state index in [1.165, 1.54) is 0 Å². The lowest BCUT2D eigenvalue weighted by atomic mass is 10.3. The number of hydrogen-bond donors (Lipinski definition) is 0. The van der Waals surface area contributed by atoms with Crippen LogP contribution in [0.2, 0.25) is 5.15 Å². The Balaban J connectivity index is 1.88. The van der Waals surface area contributed by atoms with Crippen LogP contribution in [0.3, 0.4) is 0 Å². The van der Waals surface area contributed by atoms with Gasteiger partial charge in [-0.3, -0.25) is 0 Å². The number of aromatic nitrogens is 2. The summed E-state index contributed by atoms with van der Waals surface area (Å²) >= 11 is 6.76. The average molecular weight is 257 g/mol. The molecule has 0 aliphatic carbocycles. The number of ether oxygens (including phenoxy) is 3. The molecule has 3 rings (SSSR count). The van der Waals surface area contributed by atoms with Crippen LogP contribution in [0.25, 0.3) is 0 Å². The summed E-state index contributed by atoms with van der Waals surface area (Å²) in [6.45, 7) is 0.234. The van der Waals surface area contributed by atoms with Crippen LogP contribution in [-0.4, -0.2) is 15.5 Å². The first-order valence-corrected chi connectivity index (χ1v) is 5.49. The van der Waals surface area contributed by atoms with E-state index in [2.05, 4.69) is 8.75 Å². The van der Waals surface area contributed by atoms with E-state index in [-0.39, 0.29) is 11.9 Å². The molecular formula is C9H5ClN2O3S. The molecule has 2 heterocycles. The summed E-state index contributed by atoms with van der Waals surface area (Å²) in [6.07, 6.45) is 0. The van der Waals surface area contributed by atoms with Crippen LogP contribution < -0.4 is 14.2 Å². The zero-order valence-corrected chi connectivity index (χ0v) is 9.42. The van der Waals surface area contributed by atoms with Crippen LogP contribution in [0, 0.1) is 0 Å².